The van der Waals surface area contributed by atoms with Crippen molar-refractivity contribution in [1.29, 1.82) is 0 Å². The minimum atomic E-state index is -1.23. The number of aliphatic hydroxyl groups is 1. The van der Waals surface area contributed by atoms with Crippen LogP contribution in [0.5, 0.6) is 0 Å². The molecule has 1 aromatic heterocycles. The summed E-state index contributed by atoms with van der Waals surface area (Å²) in [6.45, 7) is 1.70. The van der Waals surface area contributed by atoms with E-state index in [-0.39, 0.29) is 6.54 Å². The van der Waals surface area contributed by atoms with Gasteiger partial charge in [0.15, 0.2) is 0 Å². The van der Waals surface area contributed by atoms with E-state index in [1.165, 1.54) is 11.0 Å². The molecule has 1 unspecified atom stereocenters. The van der Waals surface area contributed by atoms with Crippen LogP contribution in [0, 0.1) is 10.1 Å². The molecular formula is C17H16N4O3. The topological polar surface area (TPSA) is 94.1 Å². The maximum atomic E-state index is 10.7. The highest BCUT2D eigenvalue weighted by Crippen LogP contribution is 2.26. The van der Waals surface area contributed by atoms with Gasteiger partial charge in [0.2, 0.25) is 6.33 Å². The van der Waals surface area contributed by atoms with Gasteiger partial charge in [-0.1, -0.05) is 59.6 Å². The summed E-state index contributed by atoms with van der Waals surface area (Å²) in [6, 6.07) is 17.5. The van der Waals surface area contributed by atoms with Gasteiger partial charge >= 0.3 is 5.95 Å². The van der Waals surface area contributed by atoms with E-state index in [0.29, 0.717) is 5.56 Å². The summed E-state index contributed by atoms with van der Waals surface area (Å²) in [4.78, 5) is 13.5. The lowest BCUT2D eigenvalue weighted by molar-refractivity contribution is -0.394. The third kappa shape index (κ3) is 3.31. The molecule has 0 saturated carbocycles. The lowest BCUT2D eigenvalue weighted by atomic mass is 9.94. The van der Waals surface area contributed by atoms with Gasteiger partial charge in [-0.2, -0.15) is 4.68 Å². The van der Waals surface area contributed by atoms with Crippen LogP contribution in [0.25, 0.3) is 11.1 Å². The third-order valence-corrected chi connectivity index (χ3v) is 3.77. The predicted octanol–water partition coefficient (Wildman–Crippen LogP) is 2.76. The number of benzene rings is 2. The van der Waals surface area contributed by atoms with Crippen LogP contribution in [0.2, 0.25) is 0 Å². The van der Waals surface area contributed by atoms with Crippen molar-refractivity contribution in [2.45, 2.75) is 19.1 Å². The average molecular weight is 324 g/mol. The lowest BCUT2D eigenvalue weighted by Crippen LogP contribution is -2.28. The van der Waals surface area contributed by atoms with Crippen LogP contribution >= 0.6 is 0 Å². The van der Waals surface area contributed by atoms with Gasteiger partial charge in [-0.25, -0.2) is 0 Å². The summed E-state index contributed by atoms with van der Waals surface area (Å²) in [7, 11) is 0. The number of nitrogens with zero attached hydrogens (tertiary/aromatic N) is 4. The van der Waals surface area contributed by atoms with Crippen LogP contribution in [-0.2, 0) is 12.1 Å². The first-order chi connectivity index (χ1) is 11.5. The van der Waals surface area contributed by atoms with Crippen molar-refractivity contribution in [1.82, 2.24) is 14.8 Å². The molecule has 0 bridgehead atoms. The molecule has 1 N–H and O–H groups in total. The Hall–Kier alpha value is -3.06. The highest BCUT2D eigenvalue weighted by atomic mass is 16.6. The molecule has 0 amide bonds. The highest BCUT2D eigenvalue weighted by Gasteiger charge is 2.27. The van der Waals surface area contributed by atoms with Gasteiger partial charge in [0.1, 0.15) is 5.60 Å². The van der Waals surface area contributed by atoms with E-state index in [2.05, 4.69) is 10.1 Å². The van der Waals surface area contributed by atoms with E-state index in [1.54, 1.807) is 6.92 Å². The van der Waals surface area contributed by atoms with Crippen LogP contribution in [0.4, 0.5) is 5.95 Å². The van der Waals surface area contributed by atoms with Crippen molar-refractivity contribution in [3.05, 3.63) is 76.6 Å². The van der Waals surface area contributed by atoms with Gasteiger partial charge in [0.25, 0.3) is 0 Å². The standard InChI is InChI=1S/C17H16N4O3/c1-17(22,11-20-12-18-16(19-20)21(23)24)15-9-7-14(8-10-15)13-5-3-2-4-6-13/h2-10,12,22H,11H2,1H3. The zero-order valence-electron chi connectivity index (χ0n) is 13.0. The Labute approximate surface area is 138 Å². The molecule has 3 rings (SSSR count). The molecule has 0 saturated heterocycles. The first-order valence-electron chi connectivity index (χ1n) is 7.38. The molecular weight excluding hydrogens is 308 g/mol. The van der Waals surface area contributed by atoms with E-state index < -0.39 is 16.5 Å². The quantitative estimate of drug-likeness (QED) is 0.575. The normalized spacial score (nSPS) is 13.4. The molecule has 0 aliphatic heterocycles. The van der Waals surface area contributed by atoms with E-state index in [0.717, 1.165) is 11.1 Å². The molecule has 3 aromatic rings. The molecule has 24 heavy (non-hydrogen) atoms. The zero-order chi connectivity index (χ0) is 17.2. The number of hydrogen-bond acceptors (Lipinski definition) is 5. The molecule has 0 aliphatic rings. The van der Waals surface area contributed by atoms with Gasteiger partial charge in [-0.15, -0.1) is 0 Å². The second kappa shape index (κ2) is 6.21. The molecule has 0 radical (unpaired) electrons. The summed E-state index contributed by atoms with van der Waals surface area (Å²) >= 11 is 0. The predicted molar refractivity (Wildman–Crippen MR) is 88.1 cm³/mol. The second-order valence-corrected chi connectivity index (χ2v) is 5.72. The van der Waals surface area contributed by atoms with Gasteiger partial charge in [-0.3, -0.25) is 0 Å². The third-order valence-electron chi connectivity index (χ3n) is 3.77. The van der Waals surface area contributed by atoms with Crippen LogP contribution in [0.15, 0.2) is 60.9 Å². The van der Waals surface area contributed by atoms with Gasteiger partial charge in [0.05, 0.1) is 6.54 Å². The number of rotatable bonds is 5. The molecule has 7 heteroatoms. The maximum Gasteiger partial charge on any atom is 0.490 e. The Morgan fingerprint density at radius 3 is 2.33 bits per heavy atom. The van der Waals surface area contributed by atoms with E-state index in [1.807, 2.05) is 54.6 Å². The fourth-order valence-corrected chi connectivity index (χ4v) is 2.50. The summed E-state index contributed by atoms with van der Waals surface area (Å²) in [5.74, 6) is -0.481. The van der Waals surface area contributed by atoms with Crippen molar-refractivity contribution < 1.29 is 10.0 Å². The van der Waals surface area contributed by atoms with Crippen molar-refractivity contribution in [3.63, 3.8) is 0 Å². The van der Waals surface area contributed by atoms with Crippen LogP contribution in [-0.4, -0.2) is 24.8 Å². The number of nitro groups is 1. The Morgan fingerprint density at radius 1 is 1.12 bits per heavy atom. The van der Waals surface area contributed by atoms with Crippen molar-refractivity contribution in [2.24, 2.45) is 0 Å². The average Bonchev–Trinajstić information content (AvgIpc) is 3.04. The number of aromatic nitrogens is 3. The first kappa shape index (κ1) is 15.8. The smallest absolute Gasteiger partial charge is 0.390 e. The summed E-state index contributed by atoms with van der Waals surface area (Å²) in [5, 5.41) is 25.0. The highest BCUT2D eigenvalue weighted by molar-refractivity contribution is 5.63. The zero-order valence-corrected chi connectivity index (χ0v) is 13.0. The maximum absolute atomic E-state index is 10.7. The molecule has 0 spiro atoms. The van der Waals surface area contributed by atoms with E-state index in [4.69, 9.17) is 0 Å². The Morgan fingerprint density at radius 2 is 1.75 bits per heavy atom. The molecule has 1 heterocycles. The SMILES string of the molecule is CC(O)(Cn1cnc([N+](=O)[O-])n1)c1ccc(-c2ccccc2)cc1. The fraction of sp³-hybridized carbons (Fsp3) is 0.176. The number of hydrogen-bond donors (Lipinski definition) is 1. The Balaban J connectivity index is 1.80. The Bertz CT molecular complexity index is 842. The molecule has 0 aliphatic carbocycles. The van der Waals surface area contributed by atoms with Crippen molar-refractivity contribution in [2.75, 3.05) is 0 Å². The fourth-order valence-electron chi connectivity index (χ4n) is 2.50. The molecule has 1 atom stereocenters. The van der Waals surface area contributed by atoms with Gasteiger partial charge in [0, 0.05) is 5.10 Å². The van der Waals surface area contributed by atoms with E-state index in [9.17, 15) is 15.2 Å². The molecule has 122 valence electrons. The van der Waals surface area contributed by atoms with Crippen LogP contribution < -0.4 is 0 Å². The summed E-state index contributed by atoms with van der Waals surface area (Å²) in [5.41, 5.74) is 1.61. The second-order valence-electron chi connectivity index (χ2n) is 5.72. The minimum Gasteiger partial charge on any atom is -0.390 e. The van der Waals surface area contributed by atoms with Crippen LogP contribution in [0.3, 0.4) is 0 Å². The van der Waals surface area contributed by atoms with Crippen molar-refractivity contribution in [3.8, 4) is 11.1 Å². The molecule has 7 nitrogen and oxygen atoms in total. The van der Waals surface area contributed by atoms with Crippen molar-refractivity contribution >= 4 is 5.95 Å². The first-order valence-corrected chi connectivity index (χ1v) is 7.38. The van der Waals surface area contributed by atoms with Gasteiger partial charge < -0.3 is 15.2 Å². The largest absolute Gasteiger partial charge is 0.490 e. The summed E-state index contributed by atoms with van der Waals surface area (Å²) < 4.78 is 1.27. The summed E-state index contributed by atoms with van der Waals surface area (Å²) in [6.07, 6.45) is 1.24. The van der Waals surface area contributed by atoms with Gasteiger partial charge in [-0.05, 0) is 28.5 Å². The molecule has 2 aromatic carbocycles. The molecule has 0 fully saturated rings. The minimum absolute atomic E-state index is 0.0680. The monoisotopic (exact) mass is 324 g/mol. The lowest BCUT2D eigenvalue weighted by Gasteiger charge is -2.22. The Kier molecular flexibility index (Phi) is 4.09. The van der Waals surface area contributed by atoms with E-state index >= 15 is 0 Å². The van der Waals surface area contributed by atoms with Crippen LogP contribution in [0.1, 0.15) is 12.5 Å².